The topological polar surface area (TPSA) is 150 Å². The van der Waals surface area contributed by atoms with E-state index in [9.17, 15) is 13.5 Å². The van der Waals surface area contributed by atoms with Crippen LogP contribution in [-0.2, 0) is 32.7 Å². The van der Waals surface area contributed by atoms with E-state index in [-0.39, 0.29) is 59.0 Å². The summed E-state index contributed by atoms with van der Waals surface area (Å²) in [5.74, 6) is 0.571. The number of aliphatic imine (C=N–C) groups is 1. The number of hydrogen-bond donors (Lipinski definition) is 2. The molecule has 41 heavy (non-hydrogen) atoms. The molecule has 0 atom stereocenters. The van der Waals surface area contributed by atoms with Gasteiger partial charge in [-0.2, -0.15) is 0 Å². The highest BCUT2D eigenvalue weighted by Gasteiger charge is 2.26. The minimum absolute atomic E-state index is 0.0540. The highest BCUT2D eigenvalue weighted by atomic mass is 32.2. The zero-order chi connectivity index (χ0) is 29.0. The Morgan fingerprint density at radius 3 is 2.59 bits per heavy atom. The number of phenolic OH excluding ortho intramolecular Hbond substituents is 1. The molecule has 0 saturated heterocycles. The van der Waals surface area contributed by atoms with Crippen molar-refractivity contribution in [1.29, 1.82) is 0 Å². The van der Waals surface area contributed by atoms with Gasteiger partial charge in [0.05, 0.1) is 39.3 Å². The van der Waals surface area contributed by atoms with Crippen molar-refractivity contribution >= 4 is 38.7 Å². The molecule has 2 aromatic heterocycles. The van der Waals surface area contributed by atoms with Gasteiger partial charge in [0.15, 0.2) is 28.6 Å². The molecule has 4 aromatic rings. The molecule has 210 valence electrons. The molecule has 0 bridgehead atoms. The standard InChI is InChI=1S/C28H26N6O6S/c1-4-40-23-15-8-12-19(29-23)27-32-26-28(34(27)24-21(35)13-9-14-22(24)38-2)31-25(33-41(3,36)37)20(30-26)17-39-16-18-10-6-5-7-11-18/h5-7,9-11,13-15,35H,4,16-17H2,1-3H3,(H,31,33). The number of nitrogens with one attached hydrogen (secondary N) is 1. The number of aromatic nitrogens is 4. The fraction of sp³-hybridized carbons (Fsp3) is 0.214. The number of sulfonamides is 1. The van der Waals surface area contributed by atoms with Gasteiger partial charge in [0.1, 0.15) is 22.9 Å². The van der Waals surface area contributed by atoms with Crippen molar-refractivity contribution in [2.45, 2.75) is 20.1 Å². The molecule has 2 aromatic carbocycles. The van der Waals surface area contributed by atoms with Gasteiger partial charge in [0.2, 0.25) is 15.9 Å². The second-order valence-electron chi connectivity index (χ2n) is 8.76. The highest BCUT2D eigenvalue weighted by Crippen LogP contribution is 2.37. The largest absolute Gasteiger partial charge is 0.506 e. The van der Waals surface area contributed by atoms with Crippen LogP contribution in [0, 0.1) is 0 Å². The summed E-state index contributed by atoms with van der Waals surface area (Å²) in [6, 6.07) is 14.3. The van der Waals surface area contributed by atoms with Crippen molar-refractivity contribution in [3.8, 4) is 17.2 Å². The van der Waals surface area contributed by atoms with E-state index in [0.717, 1.165) is 11.8 Å². The maximum atomic E-state index is 12.3. The van der Waals surface area contributed by atoms with Crippen LogP contribution in [0.25, 0.3) is 22.7 Å². The number of nitrogens with zero attached hydrogens (tertiary/aromatic N) is 5. The molecule has 0 aliphatic carbocycles. The van der Waals surface area contributed by atoms with Gasteiger partial charge in [0.25, 0.3) is 0 Å². The number of aromatic hydroxyl groups is 1. The van der Waals surface area contributed by atoms with Crippen molar-refractivity contribution in [1.82, 2.24) is 19.5 Å². The third-order valence-electron chi connectivity index (χ3n) is 5.73. The number of fused-ring (bicyclic) bond motifs is 1. The highest BCUT2D eigenvalue weighted by molar-refractivity contribution is 7.92. The molecule has 3 heterocycles. The van der Waals surface area contributed by atoms with Crippen molar-refractivity contribution in [2.75, 3.05) is 24.7 Å². The molecular weight excluding hydrogens is 548 g/mol. The van der Waals surface area contributed by atoms with Crippen LogP contribution >= 0.6 is 0 Å². The van der Waals surface area contributed by atoms with E-state index in [0.29, 0.717) is 18.3 Å². The van der Waals surface area contributed by atoms with Gasteiger partial charge in [-0.3, -0.25) is 9.29 Å². The maximum absolute atomic E-state index is 12.3. The zero-order valence-electron chi connectivity index (χ0n) is 22.5. The molecule has 13 heteroatoms. The Balaban J connectivity index is 1.71. The number of ether oxygens (including phenoxy) is 3. The molecule has 1 aliphatic rings. The first-order valence-electron chi connectivity index (χ1n) is 12.5. The summed E-state index contributed by atoms with van der Waals surface area (Å²) < 4.78 is 45.4. The van der Waals surface area contributed by atoms with E-state index >= 15 is 0 Å². The maximum Gasteiger partial charge on any atom is 0.231 e. The van der Waals surface area contributed by atoms with Crippen LogP contribution in [-0.4, -0.2) is 58.9 Å². The Morgan fingerprint density at radius 1 is 1.05 bits per heavy atom. The van der Waals surface area contributed by atoms with Crippen LogP contribution in [0.5, 0.6) is 11.5 Å². The molecule has 12 nitrogen and oxygen atoms in total. The molecular formula is C28H26N6O6S. The Morgan fingerprint density at radius 2 is 1.85 bits per heavy atom. The van der Waals surface area contributed by atoms with Crippen molar-refractivity contribution in [2.24, 2.45) is 4.99 Å². The molecule has 0 saturated carbocycles. The molecule has 2 N–H and O–H groups in total. The number of phenols is 1. The molecule has 0 amide bonds. The summed E-state index contributed by atoms with van der Waals surface area (Å²) in [5, 5.41) is 10.9. The number of rotatable bonds is 10. The molecule has 0 spiro atoms. The first kappa shape index (κ1) is 27.6. The van der Waals surface area contributed by atoms with Crippen LogP contribution in [0.2, 0.25) is 0 Å². The summed E-state index contributed by atoms with van der Waals surface area (Å²) in [6.07, 6.45) is 2.55. The van der Waals surface area contributed by atoms with Crippen LogP contribution in [0.4, 0.5) is 5.82 Å². The molecule has 0 radical (unpaired) electrons. The van der Waals surface area contributed by atoms with Gasteiger partial charge in [-0.15, -0.1) is 0 Å². The van der Waals surface area contributed by atoms with E-state index in [1.54, 1.807) is 12.1 Å². The van der Waals surface area contributed by atoms with Crippen molar-refractivity contribution in [3.63, 3.8) is 0 Å². The van der Waals surface area contributed by atoms with Crippen LogP contribution in [0.3, 0.4) is 0 Å². The predicted molar refractivity (Wildman–Crippen MR) is 152 cm³/mol. The number of para-hydroxylation sites is 1. The van der Waals surface area contributed by atoms with E-state index in [1.807, 2.05) is 37.3 Å². The lowest BCUT2D eigenvalue weighted by Crippen LogP contribution is -2.15. The zero-order valence-corrected chi connectivity index (χ0v) is 23.3. The monoisotopic (exact) mass is 574 g/mol. The Kier molecular flexibility index (Phi) is 7.86. The molecule has 0 fully saturated rings. The summed E-state index contributed by atoms with van der Waals surface area (Å²) in [5.41, 5.74) is 7.60. The lowest BCUT2D eigenvalue weighted by molar-refractivity contribution is 0.105. The van der Waals surface area contributed by atoms with Crippen molar-refractivity contribution < 1.29 is 27.7 Å². The Labute approximate surface area is 236 Å². The summed E-state index contributed by atoms with van der Waals surface area (Å²) in [7, 11) is -2.30. The fourth-order valence-corrected chi connectivity index (χ4v) is 4.57. The first-order valence-corrected chi connectivity index (χ1v) is 14.3. The smallest absolute Gasteiger partial charge is 0.231 e. The summed E-state index contributed by atoms with van der Waals surface area (Å²) in [4.78, 5) is 18.4. The van der Waals surface area contributed by atoms with E-state index in [1.165, 1.54) is 23.8 Å². The van der Waals surface area contributed by atoms with Gasteiger partial charge < -0.3 is 19.3 Å². The number of hydrogen-bond acceptors (Lipinski definition) is 10. The van der Waals surface area contributed by atoms with Gasteiger partial charge in [0, 0.05) is 0 Å². The quantitative estimate of drug-likeness (QED) is 0.270. The predicted octanol–water partition coefficient (Wildman–Crippen LogP) is 3.72. The third kappa shape index (κ3) is 6.13. The Bertz CT molecular complexity index is 1850. The number of methoxy groups -OCH3 is 1. The second kappa shape index (κ2) is 11.7. The number of imidazole rings is 1. The Hall–Kier alpha value is -4.93. The van der Waals surface area contributed by atoms with E-state index in [4.69, 9.17) is 14.2 Å². The van der Waals surface area contributed by atoms with Gasteiger partial charge in [-0.25, -0.2) is 28.4 Å². The number of anilines is 1. The van der Waals surface area contributed by atoms with Gasteiger partial charge in [-0.1, -0.05) is 42.1 Å². The second-order valence-corrected chi connectivity index (χ2v) is 10.5. The van der Waals surface area contributed by atoms with Gasteiger partial charge in [-0.05, 0) is 30.4 Å². The average molecular weight is 575 g/mol. The molecule has 5 rings (SSSR count). The lowest BCUT2D eigenvalue weighted by atomic mass is 10.2. The van der Waals surface area contributed by atoms with Crippen molar-refractivity contribution in [3.05, 3.63) is 83.2 Å². The molecule has 1 aliphatic heterocycles. The minimum Gasteiger partial charge on any atom is -0.506 e. The van der Waals surface area contributed by atoms with Gasteiger partial charge >= 0.3 is 0 Å². The SMILES string of the molecule is CCOC1=NC(c2nc3nc(COCc4ccccc4)c(NS(C)(=O)=O)nc3n2-c2c(O)cccc2OC)=C=C=C1. The summed E-state index contributed by atoms with van der Waals surface area (Å²) in [6.45, 7) is 2.41. The van der Waals surface area contributed by atoms with Crippen LogP contribution in [0.1, 0.15) is 24.0 Å². The minimum atomic E-state index is -3.75. The summed E-state index contributed by atoms with van der Waals surface area (Å²) >= 11 is 0. The molecule has 0 unspecified atom stereocenters. The normalized spacial score (nSPS) is 12.8. The average Bonchev–Trinajstić information content (AvgIpc) is 3.30. The lowest BCUT2D eigenvalue weighted by Gasteiger charge is -2.15. The van der Waals surface area contributed by atoms with Crippen LogP contribution < -0.4 is 9.46 Å². The fourth-order valence-electron chi connectivity index (χ4n) is 4.06. The first-order chi connectivity index (χ1) is 19.8. The van der Waals surface area contributed by atoms with Crippen LogP contribution in [0.15, 0.2) is 71.1 Å². The van der Waals surface area contributed by atoms with E-state index in [2.05, 4.69) is 36.1 Å². The third-order valence-corrected chi connectivity index (χ3v) is 6.30. The number of benzene rings is 2. The van der Waals surface area contributed by atoms with E-state index < -0.39 is 10.0 Å².